The highest BCUT2D eigenvalue weighted by Crippen LogP contribution is 2.33. The van der Waals surface area contributed by atoms with Crippen molar-refractivity contribution in [2.24, 2.45) is 11.7 Å². The van der Waals surface area contributed by atoms with E-state index in [-0.39, 0.29) is 6.04 Å². The molecule has 0 amide bonds. The lowest BCUT2D eigenvalue weighted by Gasteiger charge is -1.88. The molecule has 0 spiro atoms. The molecule has 0 bridgehead atoms. The van der Waals surface area contributed by atoms with E-state index >= 15 is 0 Å². The molecule has 1 rings (SSSR count). The maximum absolute atomic E-state index is 11.4. The standard InChI is InChI=1S/C4H7F2N/c5-4(6)2-1-3(2)7/h2-4H,1,7H2. The molecule has 0 radical (unpaired) electrons. The number of nitrogens with two attached hydrogens (primary N) is 1. The van der Waals surface area contributed by atoms with E-state index in [9.17, 15) is 8.78 Å². The molecule has 1 saturated carbocycles. The van der Waals surface area contributed by atoms with E-state index < -0.39 is 12.3 Å². The maximum atomic E-state index is 11.4. The second-order valence-corrected chi connectivity index (χ2v) is 1.90. The summed E-state index contributed by atoms with van der Waals surface area (Å²) in [6, 6.07) is -0.208. The second kappa shape index (κ2) is 1.40. The summed E-state index contributed by atoms with van der Waals surface area (Å²) in [6.07, 6.45) is -1.67. The van der Waals surface area contributed by atoms with Gasteiger partial charge < -0.3 is 5.73 Å². The molecule has 0 saturated heterocycles. The lowest BCUT2D eigenvalue weighted by Crippen LogP contribution is -2.06. The van der Waals surface area contributed by atoms with E-state index in [1.807, 2.05) is 0 Å². The van der Waals surface area contributed by atoms with Crippen molar-refractivity contribution in [2.75, 3.05) is 0 Å². The van der Waals surface area contributed by atoms with Crippen molar-refractivity contribution in [1.82, 2.24) is 0 Å². The Morgan fingerprint density at radius 2 is 2.00 bits per heavy atom. The molecule has 1 fully saturated rings. The summed E-state index contributed by atoms with van der Waals surface area (Å²) in [5.41, 5.74) is 5.09. The van der Waals surface area contributed by atoms with E-state index in [4.69, 9.17) is 5.73 Å². The lowest BCUT2D eigenvalue weighted by molar-refractivity contribution is 0.121. The molecule has 2 unspecified atom stereocenters. The highest BCUT2D eigenvalue weighted by molar-refractivity contribution is 4.91. The van der Waals surface area contributed by atoms with Gasteiger partial charge in [0.1, 0.15) is 0 Å². The van der Waals surface area contributed by atoms with Crippen molar-refractivity contribution in [3.63, 3.8) is 0 Å². The Hall–Kier alpha value is -0.180. The summed E-state index contributed by atoms with van der Waals surface area (Å²) >= 11 is 0. The molecule has 42 valence electrons. The molecule has 1 aliphatic rings. The Morgan fingerprint density at radius 1 is 1.57 bits per heavy atom. The zero-order valence-corrected chi connectivity index (χ0v) is 3.77. The summed E-state index contributed by atoms with van der Waals surface area (Å²) in [7, 11) is 0. The predicted molar refractivity (Wildman–Crippen MR) is 22.1 cm³/mol. The number of hydrogen-bond acceptors (Lipinski definition) is 1. The van der Waals surface area contributed by atoms with Gasteiger partial charge in [-0.1, -0.05) is 0 Å². The van der Waals surface area contributed by atoms with Gasteiger partial charge in [0.2, 0.25) is 6.43 Å². The third-order valence-corrected chi connectivity index (χ3v) is 1.21. The van der Waals surface area contributed by atoms with Gasteiger partial charge in [0.25, 0.3) is 0 Å². The van der Waals surface area contributed by atoms with Crippen LogP contribution >= 0.6 is 0 Å². The molecule has 0 aliphatic heterocycles. The fraction of sp³-hybridized carbons (Fsp3) is 1.00. The molecule has 1 aliphatic carbocycles. The van der Waals surface area contributed by atoms with Gasteiger partial charge in [-0.05, 0) is 6.42 Å². The molecule has 3 heteroatoms. The quantitative estimate of drug-likeness (QED) is 0.521. The van der Waals surface area contributed by atoms with Crippen molar-refractivity contribution >= 4 is 0 Å². The minimum atomic E-state index is -2.19. The zero-order valence-electron chi connectivity index (χ0n) is 3.77. The molecule has 0 aromatic heterocycles. The Kier molecular flexibility index (Phi) is 0.995. The molecule has 0 aromatic rings. The Morgan fingerprint density at radius 3 is 2.00 bits per heavy atom. The normalized spacial score (nSPS) is 39.4. The number of rotatable bonds is 1. The number of alkyl halides is 2. The van der Waals surface area contributed by atoms with Crippen LogP contribution in [0.5, 0.6) is 0 Å². The van der Waals surface area contributed by atoms with Gasteiger partial charge in [-0.2, -0.15) is 0 Å². The monoisotopic (exact) mass is 107 g/mol. The van der Waals surface area contributed by atoms with E-state index in [1.165, 1.54) is 0 Å². The molecule has 7 heavy (non-hydrogen) atoms. The largest absolute Gasteiger partial charge is 0.327 e. The Bertz CT molecular complexity index is 74.1. The number of hydrogen-bond donors (Lipinski definition) is 1. The van der Waals surface area contributed by atoms with E-state index in [0.29, 0.717) is 6.42 Å². The van der Waals surface area contributed by atoms with Crippen LogP contribution in [-0.4, -0.2) is 12.5 Å². The Balaban J connectivity index is 2.20. The van der Waals surface area contributed by atoms with E-state index in [0.717, 1.165) is 0 Å². The first-order valence-corrected chi connectivity index (χ1v) is 2.25. The van der Waals surface area contributed by atoms with Crippen LogP contribution in [0.25, 0.3) is 0 Å². The highest BCUT2D eigenvalue weighted by atomic mass is 19.3. The molecular weight excluding hydrogens is 100 g/mol. The first-order chi connectivity index (χ1) is 3.22. The fourth-order valence-electron chi connectivity index (χ4n) is 0.525. The molecule has 0 aromatic carbocycles. The van der Waals surface area contributed by atoms with E-state index in [2.05, 4.69) is 0 Å². The first-order valence-electron chi connectivity index (χ1n) is 2.25. The molecular formula is C4H7F2N. The summed E-state index contributed by atoms with van der Waals surface area (Å²) in [5, 5.41) is 0. The summed E-state index contributed by atoms with van der Waals surface area (Å²) < 4.78 is 22.8. The minimum Gasteiger partial charge on any atom is -0.327 e. The highest BCUT2D eigenvalue weighted by Gasteiger charge is 2.40. The van der Waals surface area contributed by atoms with Crippen LogP contribution in [-0.2, 0) is 0 Å². The fourth-order valence-corrected chi connectivity index (χ4v) is 0.525. The predicted octanol–water partition coefficient (Wildman–Crippen LogP) is 0.599. The van der Waals surface area contributed by atoms with Gasteiger partial charge in [0, 0.05) is 12.0 Å². The van der Waals surface area contributed by atoms with Crippen molar-refractivity contribution in [2.45, 2.75) is 18.9 Å². The van der Waals surface area contributed by atoms with Crippen molar-refractivity contribution in [1.29, 1.82) is 0 Å². The molecule has 1 nitrogen and oxygen atoms in total. The number of halogens is 2. The van der Waals surface area contributed by atoms with Crippen molar-refractivity contribution in [3.05, 3.63) is 0 Å². The molecule has 2 N–H and O–H groups in total. The van der Waals surface area contributed by atoms with Crippen LogP contribution in [0.1, 0.15) is 6.42 Å². The lowest BCUT2D eigenvalue weighted by atomic mass is 10.4. The van der Waals surface area contributed by atoms with Crippen molar-refractivity contribution < 1.29 is 8.78 Å². The van der Waals surface area contributed by atoms with Gasteiger partial charge in [-0.25, -0.2) is 8.78 Å². The average Bonchev–Trinajstić information content (AvgIpc) is 2.17. The summed E-state index contributed by atoms with van der Waals surface area (Å²) in [4.78, 5) is 0. The van der Waals surface area contributed by atoms with Crippen LogP contribution in [0.3, 0.4) is 0 Å². The van der Waals surface area contributed by atoms with Gasteiger partial charge >= 0.3 is 0 Å². The SMILES string of the molecule is NC1CC1C(F)F. The van der Waals surface area contributed by atoms with Gasteiger partial charge in [0.05, 0.1) is 0 Å². The van der Waals surface area contributed by atoms with Gasteiger partial charge in [-0.15, -0.1) is 0 Å². The first kappa shape index (κ1) is 4.97. The Labute approximate surface area is 40.5 Å². The van der Waals surface area contributed by atoms with Gasteiger partial charge in [0.15, 0.2) is 0 Å². The average molecular weight is 107 g/mol. The van der Waals surface area contributed by atoms with Crippen LogP contribution in [0.4, 0.5) is 8.78 Å². The van der Waals surface area contributed by atoms with Crippen LogP contribution in [0.2, 0.25) is 0 Å². The van der Waals surface area contributed by atoms with Gasteiger partial charge in [-0.3, -0.25) is 0 Å². The third-order valence-electron chi connectivity index (χ3n) is 1.21. The van der Waals surface area contributed by atoms with Crippen molar-refractivity contribution in [3.8, 4) is 0 Å². The van der Waals surface area contributed by atoms with Crippen LogP contribution in [0.15, 0.2) is 0 Å². The molecule has 0 heterocycles. The smallest absolute Gasteiger partial charge is 0.242 e. The third kappa shape index (κ3) is 0.881. The second-order valence-electron chi connectivity index (χ2n) is 1.90. The topological polar surface area (TPSA) is 26.0 Å². The molecule has 2 atom stereocenters. The summed E-state index contributed by atoms with van der Waals surface area (Å²) in [5.74, 6) is -0.486. The van der Waals surface area contributed by atoms with Crippen LogP contribution < -0.4 is 5.73 Å². The zero-order chi connectivity index (χ0) is 5.44. The van der Waals surface area contributed by atoms with E-state index in [1.54, 1.807) is 0 Å². The summed E-state index contributed by atoms with van der Waals surface area (Å²) in [6.45, 7) is 0. The van der Waals surface area contributed by atoms with Crippen LogP contribution in [0, 0.1) is 5.92 Å². The maximum Gasteiger partial charge on any atom is 0.242 e. The minimum absolute atomic E-state index is 0.208.